The smallest absolute Gasteiger partial charge is 0.224 e. The number of carbonyl (C=O) groups is 1. The maximum absolute atomic E-state index is 12.3. The van der Waals surface area contributed by atoms with Gasteiger partial charge in [0.2, 0.25) is 5.91 Å². The Labute approximate surface area is 153 Å². The van der Waals surface area contributed by atoms with Crippen molar-refractivity contribution in [2.75, 3.05) is 11.1 Å². The molecule has 1 fully saturated rings. The van der Waals surface area contributed by atoms with Gasteiger partial charge in [0.15, 0.2) is 5.16 Å². The number of aryl methyl sites for hydroxylation is 1. The van der Waals surface area contributed by atoms with Crippen LogP contribution in [0.2, 0.25) is 0 Å². The van der Waals surface area contributed by atoms with E-state index < -0.39 is 0 Å². The van der Waals surface area contributed by atoms with Gasteiger partial charge < -0.3 is 9.88 Å². The molecule has 1 N–H and O–H groups in total. The van der Waals surface area contributed by atoms with Gasteiger partial charge in [-0.15, -0.1) is 0 Å². The zero-order valence-corrected chi connectivity index (χ0v) is 15.4. The van der Waals surface area contributed by atoms with Crippen LogP contribution in [0.15, 0.2) is 35.6 Å². The Bertz CT molecular complexity index is 728. The highest BCUT2D eigenvalue weighted by Crippen LogP contribution is 2.30. The third-order valence-corrected chi connectivity index (χ3v) is 6.22. The van der Waals surface area contributed by atoms with Gasteiger partial charge in [0.25, 0.3) is 0 Å². The molecule has 1 aliphatic carbocycles. The Kier molecular flexibility index (Phi) is 5.11. The summed E-state index contributed by atoms with van der Waals surface area (Å²) in [6, 6.07) is 8.03. The van der Waals surface area contributed by atoms with Crippen LogP contribution in [0.25, 0.3) is 11.3 Å². The monoisotopic (exact) mass is 355 g/mol. The molecular formula is C20H25N3OS. The zero-order chi connectivity index (χ0) is 17.1. The SMILES string of the molecule is O=C(CCC1CCCCC1)Nc1cccc(-c2cn3c(n2)SCC3)c1. The lowest BCUT2D eigenvalue weighted by Gasteiger charge is -2.21. The Morgan fingerprint density at radius 3 is 3.00 bits per heavy atom. The summed E-state index contributed by atoms with van der Waals surface area (Å²) in [4.78, 5) is 17.0. The van der Waals surface area contributed by atoms with E-state index in [-0.39, 0.29) is 5.91 Å². The van der Waals surface area contributed by atoms with E-state index in [2.05, 4.69) is 22.1 Å². The lowest BCUT2D eigenvalue weighted by molar-refractivity contribution is -0.116. The van der Waals surface area contributed by atoms with Gasteiger partial charge in [-0.05, 0) is 24.5 Å². The fraction of sp³-hybridized carbons (Fsp3) is 0.500. The number of fused-ring (bicyclic) bond motifs is 1. The highest BCUT2D eigenvalue weighted by atomic mass is 32.2. The normalized spacial score (nSPS) is 17.4. The minimum absolute atomic E-state index is 0.130. The van der Waals surface area contributed by atoms with Crippen molar-refractivity contribution in [1.82, 2.24) is 9.55 Å². The number of carbonyl (C=O) groups excluding carboxylic acids is 1. The van der Waals surface area contributed by atoms with Crippen LogP contribution >= 0.6 is 11.8 Å². The van der Waals surface area contributed by atoms with Crippen LogP contribution in [0, 0.1) is 5.92 Å². The number of anilines is 1. The van der Waals surface area contributed by atoms with Crippen LogP contribution in [0.5, 0.6) is 0 Å². The molecule has 2 heterocycles. The predicted octanol–water partition coefficient (Wildman–Crippen LogP) is 4.95. The van der Waals surface area contributed by atoms with Crippen molar-refractivity contribution in [3.63, 3.8) is 0 Å². The summed E-state index contributed by atoms with van der Waals surface area (Å²) in [5, 5.41) is 4.16. The summed E-state index contributed by atoms with van der Waals surface area (Å²) in [5.41, 5.74) is 2.92. The number of imidazole rings is 1. The van der Waals surface area contributed by atoms with E-state index in [0.717, 1.165) is 46.7 Å². The lowest BCUT2D eigenvalue weighted by atomic mass is 9.86. The average Bonchev–Trinajstić information content (AvgIpc) is 3.23. The van der Waals surface area contributed by atoms with E-state index in [1.807, 2.05) is 18.2 Å². The number of amides is 1. The van der Waals surface area contributed by atoms with Gasteiger partial charge >= 0.3 is 0 Å². The lowest BCUT2D eigenvalue weighted by Crippen LogP contribution is -2.14. The highest BCUT2D eigenvalue weighted by Gasteiger charge is 2.16. The number of nitrogens with one attached hydrogen (secondary N) is 1. The van der Waals surface area contributed by atoms with Gasteiger partial charge in [0.1, 0.15) is 0 Å². The maximum atomic E-state index is 12.3. The van der Waals surface area contributed by atoms with E-state index in [1.165, 1.54) is 32.1 Å². The van der Waals surface area contributed by atoms with Crippen molar-refractivity contribution < 1.29 is 4.79 Å². The predicted molar refractivity (Wildman–Crippen MR) is 103 cm³/mol. The Morgan fingerprint density at radius 2 is 2.16 bits per heavy atom. The maximum Gasteiger partial charge on any atom is 0.224 e. The van der Waals surface area contributed by atoms with Crippen molar-refractivity contribution in [3.8, 4) is 11.3 Å². The summed E-state index contributed by atoms with van der Waals surface area (Å²) in [5.74, 6) is 1.99. The second-order valence-electron chi connectivity index (χ2n) is 7.12. The summed E-state index contributed by atoms with van der Waals surface area (Å²) in [6.07, 6.45) is 10.4. The first-order valence-electron chi connectivity index (χ1n) is 9.38. The number of hydrogen-bond donors (Lipinski definition) is 1. The third kappa shape index (κ3) is 4.09. The first-order chi connectivity index (χ1) is 12.3. The van der Waals surface area contributed by atoms with E-state index in [4.69, 9.17) is 4.98 Å². The second-order valence-corrected chi connectivity index (χ2v) is 8.18. The minimum atomic E-state index is 0.130. The van der Waals surface area contributed by atoms with E-state index in [1.54, 1.807) is 11.8 Å². The molecule has 1 aromatic heterocycles. The van der Waals surface area contributed by atoms with Crippen LogP contribution < -0.4 is 5.32 Å². The van der Waals surface area contributed by atoms with E-state index >= 15 is 0 Å². The van der Waals surface area contributed by atoms with Crippen molar-refractivity contribution in [1.29, 1.82) is 0 Å². The molecule has 5 heteroatoms. The van der Waals surface area contributed by atoms with Gasteiger partial charge in [-0.1, -0.05) is 56.0 Å². The summed E-state index contributed by atoms with van der Waals surface area (Å²) in [6.45, 7) is 1.03. The molecule has 0 unspecified atom stereocenters. The molecule has 0 atom stereocenters. The topological polar surface area (TPSA) is 46.9 Å². The largest absolute Gasteiger partial charge is 0.326 e. The average molecular weight is 356 g/mol. The van der Waals surface area contributed by atoms with Crippen LogP contribution in [-0.4, -0.2) is 21.2 Å². The van der Waals surface area contributed by atoms with Gasteiger partial charge in [-0.3, -0.25) is 4.79 Å². The molecule has 4 nitrogen and oxygen atoms in total. The molecule has 2 aliphatic rings. The molecule has 4 rings (SSSR count). The number of aromatic nitrogens is 2. The summed E-state index contributed by atoms with van der Waals surface area (Å²) < 4.78 is 2.20. The summed E-state index contributed by atoms with van der Waals surface area (Å²) >= 11 is 1.80. The van der Waals surface area contributed by atoms with Crippen molar-refractivity contribution in [2.24, 2.45) is 5.92 Å². The Morgan fingerprint density at radius 1 is 1.28 bits per heavy atom. The number of thioether (sulfide) groups is 1. The first-order valence-corrected chi connectivity index (χ1v) is 10.4. The number of benzene rings is 1. The van der Waals surface area contributed by atoms with E-state index in [9.17, 15) is 4.79 Å². The third-order valence-electron chi connectivity index (χ3n) is 5.25. The molecule has 1 aromatic carbocycles. The molecule has 132 valence electrons. The van der Waals surface area contributed by atoms with Crippen LogP contribution in [-0.2, 0) is 11.3 Å². The zero-order valence-electron chi connectivity index (χ0n) is 14.5. The quantitative estimate of drug-likeness (QED) is 0.825. The van der Waals surface area contributed by atoms with Crippen LogP contribution in [0.4, 0.5) is 5.69 Å². The molecule has 25 heavy (non-hydrogen) atoms. The highest BCUT2D eigenvalue weighted by molar-refractivity contribution is 7.99. The van der Waals surface area contributed by atoms with Gasteiger partial charge in [-0.2, -0.15) is 0 Å². The van der Waals surface area contributed by atoms with Gasteiger partial charge in [0, 0.05) is 36.2 Å². The van der Waals surface area contributed by atoms with Crippen molar-refractivity contribution in [3.05, 3.63) is 30.5 Å². The second kappa shape index (κ2) is 7.65. The molecule has 0 spiro atoms. The number of rotatable bonds is 5. The molecule has 2 aromatic rings. The van der Waals surface area contributed by atoms with Crippen LogP contribution in [0.1, 0.15) is 44.9 Å². The molecule has 0 bridgehead atoms. The van der Waals surface area contributed by atoms with E-state index in [0.29, 0.717) is 6.42 Å². The van der Waals surface area contributed by atoms with Crippen molar-refractivity contribution >= 4 is 23.4 Å². The Hall–Kier alpha value is -1.75. The summed E-state index contributed by atoms with van der Waals surface area (Å²) in [7, 11) is 0. The van der Waals surface area contributed by atoms with Crippen molar-refractivity contribution in [2.45, 2.75) is 56.6 Å². The van der Waals surface area contributed by atoms with Crippen LogP contribution in [0.3, 0.4) is 0 Å². The van der Waals surface area contributed by atoms with Gasteiger partial charge in [-0.25, -0.2) is 4.98 Å². The molecule has 1 saturated carbocycles. The fourth-order valence-electron chi connectivity index (χ4n) is 3.84. The number of hydrogen-bond acceptors (Lipinski definition) is 3. The number of nitrogens with zero attached hydrogens (tertiary/aromatic N) is 2. The first kappa shape index (κ1) is 16.7. The molecular weight excluding hydrogens is 330 g/mol. The minimum Gasteiger partial charge on any atom is -0.326 e. The fourth-order valence-corrected chi connectivity index (χ4v) is 4.78. The standard InChI is InChI=1S/C20H25N3OS/c24-19(10-9-15-5-2-1-3-6-15)21-17-8-4-7-16(13-17)18-14-23-11-12-25-20(23)22-18/h4,7-8,13-15H,1-3,5-6,9-12H2,(H,21,24). The molecule has 1 amide bonds. The van der Waals surface area contributed by atoms with Gasteiger partial charge in [0.05, 0.1) is 5.69 Å². The molecule has 0 radical (unpaired) electrons. The molecule has 0 saturated heterocycles. The molecule has 1 aliphatic heterocycles. The Balaban J connectivity index is 1.36.